The average Bonchev–Trinajstić information content (AvgIpc) is 3.05. The fourth-order valence-electron chi connectivity index (χ4n) is 3.70. The highest BCUT2D eigenvalue weighted by atomic mass is 19.4. The van der Waals surface area contributed by atoms with Crippen molar-refractivity contribution in [3.63, 3.8) is 0 Å². The first-order valence-corrected chi connectivity index (χ1v) is 10.4. The number of fused-ring (bicyclic) bond motifs is 1. The lowest BCUT2D eigenvalue weighted by Gasteiger charge is -2.25. The van der Waals surface area contributed by atoms with Crippen LogP contribution in [0.2, 0.25) is 0 Å². The Kier molecular flexibility index (Phi) is 7.00. The number of carbonyl (C=O) groups excluding carboxylic acids is 1. The van der Waals surface area contributed by atoms with Crippen LogP contribution in [0.4, 0.5) is 30.2 Å². The standard InChI is InChI=1S/C23H27F3N4O/c1-4-30(5-2)14-15(3)28-21-11-10-16(12-19(21)23(24,25)26)27-13-18-17-8-6-7-9-20(17)29-22(18)31/h6-13,15,18,28H,4-5,14H2,1-3H3,(H,29,31). The Morgan fingerprint density at radius 3 is 2.58 bits per heavy atom. The van der Waals surface area contributed by atoms with E-state index in [2.05, 4.69) is 20.5 Å². The van der Waals surface area contributed by atoms with Crippen molar-refractivity contribution in [2.45, 2.75) is 38.9 Å². The van der Waals surface area contributed by atoms with E-state index in [0.29, 0.717) is 12.2 Å². The minimum absolute atomic E-state index is 0.0232. The maximum Gasteiger partial charge on any atom is 0.418 e. The quantitative estimate of drug-likeness (QED) is 0.558. The summed E-state index contributed by atoms with van der Waals surface area (Å²) in [5, 5.41) is 5.73. The molecule has 2 aromatic carbocycles. The van der Waals surface area contributed by atoms with Crippen molar-refractivity contribution in [1.29, 1.82) is 0 Å². The van der Waals surface area contributed by atoms with Gasteiger partial charge in [0.15, 0.2) is 0 Å². The third-order valence-corrected chi connectivity index (χ3v) is 5.35. The Bertz CT molecular complexity index is 954. The number of aliphatic imine (C=N–C) groups is 1. The Hall–Kier alpha value is -2.87. The van der Waals surface area contributed by atoms with E-state index in [0.717, 1.165) is 24.7 Å². The van der Waals surface area contributed by atoms with Gasteiger partial charge in [-0.3, -0.25) is 9.79 Å². The summed E-state index contributed by atoms with van der Waals surface area (Å²) in [4.78, 5) is 18.5. The predicted molar refractivity (Wildman–Crippen MR) is 118 cm³/mol. The molecule has 2 atom stereocenters. The second-order valence-corrected chi connectivity index (χ2v) is 7.59. The molecule has 3 rings (SSSR count). The number of hydrogen-bond acceptors (Lipinski definition) is 4. The van der Waals surface area contributed by atoms with Gasteiger partial charge in [-0.15, -0.1) is 0 Å². The first kappa shape index (κ1) is 22.8. The van der Waals surface area contributed by atoms with E-state index in [1.165, 1.54) is 18.3 Å². The minimum Gasteiger partial charge on any atom is -0.381 e. The van der Waals surface area contributed by atoms with E-state index in [1.54, 1.807) is 18.2 Å². The largest absolute Gasteiger partial charge is 0.418 e. The molecule has 0 aromatic heterocycles. The molecule has 8 heteroatoms. The van der Waals surface area contributed by atoms with Crippen LogP contribution in [0.5, 0.6) is 0 Å². The van der Waals surface area contributed by atoms with Crippen LogP contribution in [0.25, 0.3) is 0 Å². The fraction of sp³-hybridized carbons (Fsp3) is 0.391. The average molecular weight is 432 g/mol. The summed E-state index contributed by atoms with van der Waals surface area (Å²) in [7, 11) is 0. The van der Waals surface area contributed by atoms with Gasteiger partial charge in [-0.2, -0.15) is 13.2 Å². The molecule has 5 nitrogen and oxygen atoms in total. The molecule has 0 fully saturated rings. The van der Waals surface area contributed by atoms with E-state index < -0.39 is 17.7 Å². The number of carbonyl (C=O) groups is 1. The summed E-state index contributed by atoms with van der Waals surface area (Å²) >= 11 is 0. The van der Waals surface area contributed by atoms with E-state index in [9.17, 15) is 18.0 Å². The van der Waals surface area contributed by atoms with Crippen molar-refractivity contribution >= 4 is 29.2 Å². The smallest absolute Gasteiger partial charge is 0.381 e. The summed E-state index contributed by atoms with van der Waals surface area (Å²) in [5.41, 5.74) is 0.851. The monoisotopic (exact) mass is 432 g/mol. The molecule has 1 heterocycles. The number of para-hydroxylation sites is 1. The third-order valence-electron chi connectivity index (χ3n) is 5.35. The van der Waals surface area contributed by atoms with Gasteiger partial charge in [0.05, 0.1) is 11.3 Å². The summed E-state index contributed by atoms with van der Waals surface area (Å²) in [5.74, 6) is -0.873. The van der Waals surface area contributed by atoms with Gasteiger partial charge in [-0.25, -0.2) is 0 Å². The van der Waals surface area contributed by atoms with Crippen LogP contribution in [-0.2, 0) is 11.0 Å². The Labute approximate surface area is 180 Å². The van der Waals surface area contributed by atoms with E-state index in [1.807, 2.05) is 26.8 Å². The van der Waals surface area contributed by atoms with Crippen LogP contribution in [0.3, 0.4) is 0 Å². The van der Waals surface area contributed by atoms with Crippen molar-refractivity contribution in [1.82, 2.24) is 4.90 Å². The zero-order chi connectivity index (χ0) is 22.6. The van der Waals surface area contributed by atoms with Gasteiger partial charge >= 0.3 is 6.18 Å². The third kappa shape index (κ3) is 5.44. The molecule has 31 heavy (non-hydrogen) atoms. The van der Waals surface area contributed by atoms with Gasteiger partial charge < -0.3 is 15.5 Å². The molecule has 0 saturated carbocycles. The normalized spacial score (nSPS) is 17.1. The molecule has 0 aliphatic carbocycles. The molecule has 0 radical (unpaired) electrons. The Morgan fingerprint density at radius 1 is 1.19 bits per heavy atom. The minimum atomic E-state index is -4.53. The van der Waals surface area contributed by atoms with Crippen molar-refractivity contribution in [2.75, 3.05) is 30.3 Å². The number of amides is 1. The number of benzene rings is 2. The van der Waals surface area contributed by atoms with Crippen molar-refractivity contribution in [3.05, 3.63) is 53.6 Å². The van der Waals surface area contributed by atoms with Gasteiger partial charge in [0.1, 0.15) is 5.92 Å². The van der Waals surface area contributed by atoms with Crippen LogP contribution < -0.4 is 10.6 Å². The lowest BCUT2D eigenvalue weighted by molar-refractivity contribution is -0.137. The molecule has 0 bridgehead atoms. The molecule has 0 saturated heterocycles. The van der Waals surface area contributed by atoms with Gasteiger partial charge in [0.25, 0.3) is 0 Å². The molecule has 0 spiro atoms. The molecule has 2 unspecified atom stereocenters. The van der Waals surface area contributed by atoms with Crippen LogP contribution in [0, 0.1) is 0 Å². The van der Waals surface area contributed by atoms with Gasteiger partial charge in [0.2, 0.25) is 5.91 Å². The van der Waals surface area contributed by atoms with Crippen LogP contribution >= 0.6 is 0 Å². The maximum absolute atomic E-state index is 13.7. The number of anilines is 2. The number of nitrogens with zero attached hydrogens (tertiary/aromatic N) is 2. The lowest BCUT2D eigenvalue weighted by Crippen LogP contribution is -2.35. The molecule has 166 valence electrons. The van der Waals surface area contributed by atoms with Crippen LogP contribution in [0.1, 0.15) is 37.8 Å². The fourth-order valence-corrected chi connectivity index (χ4v) is 3.70. The van der Waals surface area contributed by atoms with Gasteiger partial charge in [0, 0.05) is 30.2 Å². The first-order chi connectivity index (χ1) is 14.7. The first-order valence-electron chi connectivity index (χ1n) is 10.4. The summed E-state index contributed by atoms with van der Waals surface area (Å²) in [6, 6.07) is 11.0. The van der Waals surface area contributed by atoms with Crippen molar-refractivity contribution in [2.24, 2.45) is 4.99 Å². The maximum atomic E-state index is 13.7. The summed E-state index contributed by atoms with van der Waals surface area (Å²) < 4.78 is 41.1. The van der Waals surface area contributed by atoms with E-state index in [-0.39, 0.29) is 23.3 Å². The van der Waals surface area contributed by atoms with Crippen molar-refractivity contribution < 1.29 is 18.0 Å². The van der Waals surface area contributed by atoms with E-state index >= 15 is 0 Å². The second-order valence-electron chi connectivity index (χ2n) is 7.59. The predicted octanol–water partition coefficient (Wildman–Crippen LogP) is 5.29. The molecular weight excluding hydrogens is 405 g/mol. The Morgan fingerprint density at radius 2 is 1.90 bits per heavy atom. The molecule has 1 amide bonds. The highest BCUT2D eigenvalue weighted by molar-refractivity contribution is 6.12. The van der Waals surface area contributed by atoms with Gasteiger partial charge in [-0.05, 0) is 49.8 Å². The highest BCUT2D eigenvalue weighted by Gasteiger charge is 2.34. The molecular formula is C23H27F3N4O. The zero-order valence-electron chi connectivity index (χ0n) is 17.8. The summed E-state index contributed by atoms with van der Waals surface area (Å²) in [6.45, 7) is 8.21. The molecule has 2 aromatic rings. The number of rotatable bonds is 8. The zero-order valence-corrected chi connectivity index (χ0v) is 17.8. The number of alkyl halides is 3. The van der Waals surface area contributed by atoms with Gasteiger partial charge in [-0.1, -0.05) is 32.0 Å². The number of hydrogen-bond donors (Lipinski definition) is 2. The number of halogens is 3. The highest BCUT2D eigenvalue weighted by Crippen LogP contribution is 2.38. The SMILES string of the molecule is CCN(CC)CC(C)Nc1ccc(N=CC2C(=O)Nc3ccccc32)cc1C(F)(F)F. The number of likely N-dealkylation sites (N-methyl/N-ethyl adjacent to an activating group) is 1. The van der Waals surface area contributed by atoms with Crippen molar-refractivity contribution in [3.8, 4) is 0 Å². The lowest BCUT2D eigenvalue weighted by atomic mass is 10.0. The Balaban J connectivity index is 1.82. The topological polar surface area (TPSA) is 56.7 Å². The molecule has 1 aliphatic rings. The molecule has 2 N–H and O–H groups in total. The number of nitrogens with one attached hydrogen (secondary N) is 2. The molecule has 1 aliphatic heterocycles. The van der Waals surface area contributed by atoms with E-state index in [4.69, 9.17) is 0 Å². The van der Waals surface area contributed by atoms with Crippen LogP contribution in [-0.4, -0.2) is 42.7 Å². The van der Waals surface area contributed by atoms with Crippen LogP contribution in [0.15, 0.2) is 47.5 Å². The second kappa shape index (κ2) is 9.51. The summed E-state index contributed by atoms with van der Waals surface area (Å²) in [6.07, 6.45) is -3.13.